The molecule has 80 valence electrons. The Balaban J connectivity index is 2.88. The number of halogens is 2. The third kappa shape index (κ3) is 3.33. The van der Waals surface area contributed by atoms with Crippen LogP contribution < -0.4 is 5.32 Å². The fourth-order valence-corrected chi connectivity index (χ4v) is 1.62. The molecular formula is C12H13BrFN. The molecule has 1 N–H and O–H groups in total. The molecular weight excluding hydrogens is 257 g/mol. The van der Waals surface area contributed by atoms with Gasteiger partial charge in [0, 0.05) is 10.0 Å². The first-order valence-electron chi connectivity index (χ1n) is 4.83. The summed E-state index contributed by atoms with van der Waals surface area (Å²) in [5.41, 5.74) is 0.522. The minimum atomic E-state index is -0.349. The van der Waals surface area contributed by atoms with Crippen molar-refractivity contribution in [2.24, 2.45) is 0 Å². The van der Waals surface area contributed by atoms with Crippen LogP contribution >= 0.6 is 15.9 Å². The fourth-order valence-electron chi connectivity index (χ4n) is 1.28. The molecule has 0 aromatic heterocycles. The van der Waals surface area contributed by atoms with E-state index in [9.17, 15) is 4.39 Å². The second-order valence-corrected chi connectivity index (χ2v) is 4.14. The first kappa shape index (κ1) is 12.2. The molecule has 0 radical (unpaired) electrons. The van der Waals surface area contributed by atoms with Crippen molar-refractivity contribution in [3.63, 3.8) is 0 Å². The molecule has 1 unspecified atom stereocenters. The lowest BCUT2D eigenvalue weighted by Gasteiger charge is -2.13. The number of nitrogens with one attached hydrogen (secondary N) is 1. The van der Waals surface area contributed by atoms with Crippen LogP contribution in [-0.2, 0) is 0 Å². The van der Waals surface area contributed by atoms with E-state index in [0.29, 0.717) is 5.56 Å². The Morgan fingerprint density at radius 1 is 1.60 bits per heavy atom. The molecule has 15 heavy (non-hydrogen) atoms. The predicted octanol–water partition coefficient (Wildman–Crippen LogP) is 3.26. The van der Waals surface area contributed by atoms with Crippen molar-refractivity contribution in [2.75, 3.05) is 6.54 Å². The highest BCUT2D eigenvalue weighted by Crippen LogP contribution is 2.20. The Morgan fingerprint density at radius 3 is 2.87 bits per heavy atom. The van der Waals surface area contributed by atoms with E-state index in [1.807, 2.05) is 6.92 Å². The molecule has 1 nitrogen and oxygen atoms in total. The van der Waals surface area contributed by atoms with Crippen LogP contribution in [0.1, 0.15) is 24.9 Å². The van der Waals surface area contributed by atoms with Gasteiger partial charge in [0.05, 0.1) is 6.04 Å². The van der Waals surface area contributed by atoms with Crippen molar-refractivity contribution >= 4 is 15.9 Å². The number of benzene rings is 1. The zero-order valence-corrected chi connectivity index (χ0v) is 10.1. The summed E-state index contributed by atoms with van der Waals surface area (Å²) in [5.74, 6) is 2.27. The molecule has 1 rings (SSSR count). The first-order valence-corrected chi connectivity index (χ1v) is 5.62. The van der Waals surface area contributed by atoms with Crippen LogP contribution in [-0.4, -0.2) is 6.54 Å². The van der Waals surface area contributed by atoms with E-state index in [1.54, 1.807) is 12.1 Å². The highest BCUT2D eigenvalue weighted by Gasteiger charge is 2.12. The van der Waals surface area contributed by atoms with Crippen LogP contribution in [0, 0.1) is 18.2 Å². The average Bonchev–Trinajstić information content (AvgIpc) is 2.21. The van der Waals surface area contributed by atoms with E-state index in [0.717, 1.165) is 17.4 Å². The van der Waals surface area contributed by atoms with Crippen LogP contribution in [0.2, 0.25) is 0 Å². The number of hydrogen-bond donors (Lipinski definition) is 1. The maximum absolute atomic E-state index is 13.5. The van der Waals surface area contributed by atoms with Crippen LogP contribution in [0.3, 0.4) is 0 Å². The number of hydrogen-bond acceptors (Lipinski definition) is 1. The molecule has 0 heterocycles. The summed E-state index contributed by atoms with van der Waals surface area (Å²) in [4.78, 5) is 0. The number of terminal acetylenes is 1. The third-order valence-electron chi connectivity index (χ3n) is 2.04. The van der Waals surface area contributed by atoms with Gasteiger partial charge in [-0.15, -0.1) is 6.42 Å². The Morgan fingerprint density at radius 2 is 2.33 bits per heavy atom. The van der Waals surface area contributed by atoms with Gasteiger partial charge in [0.15, 0.2) is 0 Å². The van der Waals surface area contributed by atoms with E-state index in [-0.39, 0.29) is 11.9 Å². The highest BCUT2D eigenvalue weighted by atomic mass is 79.9. The summed E-state index contributed by atoms with van der Waals surface area (Å²) in [7, 11) is 0. The Kier molecular flexibility index (Phi) is 4.80. The molecule has 0 saturated heterocycles. The summed E-state index contributed by atoms with van der Waals surface area (Å²) in [5, 5.41) is 3.10. The summed E-state index contributed by atoms with van der Waals surface area (Å²) in [6, 6.07) is 4.56. The van der Waals surface area contributed by atoms with Gasteiger partial charge in [-0.2, -0.15) is 0 Å². The molecule has 0 spiro atoms. The van der Waals surface area contributed by atoms with Crippen molar-refractivity contribution in [1.29, 1.82) is 0 Å². The third-order valence-corrected chi connectivity index (χ3v) is 2.53. The van der Waals surface area contributed by atoms with Gasteiger partial charge in [0.25, 0.3) is 0 Å². The minimum Gasteiger partial charge on any atom is -0.300 e. The van der Waals surface area contributed by atoms with Gasteiger partial charge < -0.3 is 0 Å². The standard InChI is InChI=1S/C12H13BrFN/c1-3-7-15-12(4-2)10-6-5-9(13)8-11(10)14/h2,5-6,8,12,15H,3,7H2,1H3. The molecule has 0 amide bonds. The van der Waals surface area contributed by atoms with E-state index >= 15 is 0 Å². The smallest absolute Gasteiger partial charge is 0.130 e. The topological polar surface area (TPSA) is 12.0 Å². The highest BCUT2D eigenvalue weighted by molar-refractivity contribution is 9.10. The Labute approximate surface area is 98.2 Å². The van der Waals surface area contributed by atoms with Gasteiger partial charge in [0.2, 0.25) is 0 Å². The fraction of sp³-hybridized carbons (Fsp3) is 0.333. The monoisotopic (exact) mass is 269 g/mol. The van der Waals surface area contributed by atoms with Crippen LogP contribution in [0.4, 0.5) is 4.39 Å². The van der Waals surface area contributed by atoms with Crippen molar-refractivity contribution < 1.29 is 4.39 Å². The van der Waals surface area contributed by atoms with E-state index in [2.05, 4.69) is 27.2 Å². The predicted molar refractivity (Wildman–Crippen MR) is 64.0 cm³/mol. The van der Waals surface area contributed by atoms with Crippen molar-refractivity contribution in [3.8, 4) is 12.3 Å². The maximum Gasteiger partial charge on any atom is 0.130 e. The summed E-state index contributed by atoms with van der Waals surface area (Å²) >= 11 is 3.21. The largest absolute Gasteiger partial charge is 0.300 e. The lowest BCUT2D eigenvalue weighted by atomic mass is 10.1. The molecule has 0 aliphatic heterocycles. The first-order chi connectivity index (χ1) is 7.19. The quantitative estimate of drug-likeness (QED) is 0.828. The second kappa shape index (κ2) is 5.89. The molecule has 0 aliphatic rings. The van der Waals surface area contributed by atoms with Crippen LogP contribution in [0.5, 0.6) is 0 Å². The van der Waals surface area contributed by atoms with E-state index in [1.165, 1.54) is 6.07 Å². The molecule has 1 atom stereocenters. The Hall–Kier alpha value is -0.850. The van der Waals surface area contributed by atoms with Gasteiger partial charge in [-0.1, -0.05) is 34.8 Å². The lowest BCUT2D eigenvalue weighted by Crippen LogP contribution is -2.21. The SMILES string of the molecule is C#CC(NCCC)c1ccc(Br)cc1F. The normalized spacial score (nSPS) is 12.1. The van der Waals surface area contributed by atoms with Gasteiger partial charge >= 0.3 is 0 Å². The van der Waals surface area contributed by atoms with Gasteiger partial charge in [0.1, 0.15) is 5.82 Å². The molecule has 1 aromatic rings. The minimum absolute atomic E-state index is 0.282. The Bertz CT molecular complexity index is 370. The maximum atomic E-state index is 13.5. The molecule has 0 fully saturated rings. The molecule has 0 bridgehead atoms. The summed E-state index contributed by atoms with van der Waals surface area (Å²) < 4.78 is 14.3. The summed E-state index contributed by atoms with van der Waals surface area (Å²) in [6.07, 6.45) is 6.33. The number of rotatable bonds is 4. The van der Waals surface area contributed by atoms with Crippen molar-refractivity contribution in [1.82, 2.24) is 5.32 Å². The van der Waals surface area contributed by atoms with Gasteiger partial charge in [-0.25, -0.2) is 4.39 Å². The van der Waals surface area contributed by atoms with Gasteiger partial charge in [-0.3, -0.25) is 5.32 Å². The second-order valence-electron chi connectivity index (χ2n) is 3.22. The molecule has 3 heteroatoms. The van der Waals surface area contributed by atoms with E-state index < -0.39 is 0 Å². The average molecular weight is 270 g/mol. The van der Waals surface area contributed by atoms with E-state index in [4.69, 9.17) is 6.42 Å². The molecule has 0 saturated carbocycles. The lowest BCUT2D eigenvalue weighted by molar-refractivity contribution is 0.562. The van der Waals surface area contributed by atoms with Gasteiger partial charge in [-0.05, 0) is 25.1 Å². The molecule has 1 aromatic carbocycles. The zero-order valence-electron chi connectivity index (χ0n) is 8.56. The zero-order chi connectivity index (χ0) is 11.3. The van der Waals surface area contributed by atoms with Crippen LogP contribution in [0.15, 0.2) is 22.7 Å². The molecule has 0 aliphatic carbocycles. The summed E-state index contributed by atoms with van der Waals surface area (Å²) in [6.45, 7) is 2.82. The van der Waals surface area contributed by atoms with Crippen LogP contribution in [0.25, 0.3) is 0 Å². The van der Waals surface area contributed by atoms with Crippen molar-refractivity contribution in [2.45, 2.75) is 19.4 Å². The van der Waals surface area contributed by atoms with Crippen molar-refractivity contribution in [3.05, 3.63) is 34.1 Å².